The summed E-state index contributed by atoms with van der Waals surface area (Å²) in [7, 11) is 3.69. The van der Waals surface area contributed by atoms with E-state index in [-0.39, 0.29) is 0 Å². The van der Waals surface area contributed by atoms with Gasteiger partial charge >= 0.3 is 6.02 Å². The lowest BCUT2D eigenvalue weighted by molar-refractivity contribution is -0.481. The molecule has 5 nitrogen and oxygen atoms in total. The zero-order chi connectivity index (χ0) is 8.97. The molecular weight excluding hydrogens is 158 g/mol. The molecule has 0 atom stereocenters. The van der Waals surface area contributed by atoms with Gasteiger partial charge in [0, 0.05) is 0 Å². The fraction of sp³-hybridized carbons (Fsp3) is 0.857. The van der Waals surface area contributed by atoms with Gasteiger partial charge in [-0.2, -0.15) is 0 Å². The van der Waals surface area contributed by atoms with Crippen LogP contribution in [0.15, 0.2) is 0 Å². The van der Waals surface area contributed by atoms with E-state index >= 15 is 0 Å². The first-order valence-electron chi connectivity index (χ1n) is 4.00. The molecule has 0 unspecified atom stereocenters. The maximum absolute atomic E-state index is 5.59. The third-order valence-corrected chi connectivity index (χ3v) is 1.63. The quantitative estimate of drug-likeness (QED) is 0.309. The third-order valence-electron chi connectivity index (χ3n) is 1.63. The van der Waals surface area contributed by atoms with Gasteiger partial charge in [-0.05, 0) is 0 Å². The van der Waals surface area contributed by atoms with Gasteiger partial charge in [0.05, 0.1) is 40.4 Å². The smallest absolute Gasteiger partial charge is 0.379 e. The van der Waals surface area contributed by atoms with Crippen LogP contribution in [0.2, 0.25) is 0 Å². The minimum absolute atomic E-state index is 0.414. The molecule has 0 aromatic heterocycles. The highest BCUT2D eigenvalue weighted by molar-refractivity contribution is 5.65. The summed E-state index contributed by atoms with van der Waals surface area (Å²) in [5, 5.41) is 1.80. The highest BCUT2D eigenvalue weighted by atomic mass is 16.7. The molecule has 1 saturated heterocycles. The van der Waals surface area contributed by atoms with E-state index in [2.05, 4.69) is 0 Å². The van der Waals surface area contributed by atoms with Crippen molar-refractivity contribution >= 4 is 6.02 Å². The Hall–Kier alpha value is -0.810. The van der Waals surface area contributed by atoms with Crippen molar-refractivity contribution in [3.05, 3.63) is 0 Å². The highest BCUT2D eigenvalue weighted by Crippen LogP contribution is 1.96. The Morgan fingerprint density at radius 2 is 2.00 bits per heavy atom. The van der Waals surface area contributed by atoms with E-state index in [9.17, 15) is 0 Å². The molecule has 1 aliphatic heterocycles. The van der Waals surface area contributed by atoms with Gasteiger partial charge in [-0.3, -0.25) is 5.73 Å². The number of hydrogen-bond donors (Lipinski definition) is 1. The Balaban J connectivity index is 2.34. The molecule has 0 radical (unpaired) electrons. The second-order valence-corrected chi connectivity index (χ2v) is 2.87. The van der Waals surface area contributed by atoms with Crippen LogP contribution >= 0.6 is 0 Å². The number of nitrogens with zero attached hydrogens (tertiary/aromatic N) is 2. The van der Waals surface area contributed by atoms with Gasteiger partial charge in [0.15, 0.2) is 0 Å². The van der Waals surface area contributed by atoms with Gasteiger partial charge in [0.2, 0.25) is 0 Å². The first-order valence-corrected chi connectivity index (χ1v) is 4.00. The molecule has 0 aromatic carbocycles. The topological polar surface area (TPSA) is 50.7 Å². The predicted molar refractivity (Wildman–Crippen MR) is 44.8 cm³/mol. The van der Waals surface area contributed by atoms with Gasteiger partial charge in [0.1, 0.15) is 0 Å². The molecule has 0 aromatic rings. The Kier molecular flexibility index (Phi) is 3.31. The van der Waals surface area contributed by atoms with E-state index in [0.29, 0.717) is 19.2 Å². The second-order valence-electron chi connectivity index (χ2n) is 2.87. The Morgan fingerprint density at radius 1 is 1.42 bits per heavy atom. The summed E-state index contributed by atoms with van der Waals surface area (Å²) in [5.41, 5.74) is 5.59. The Bertz CT molecular complexity index is 171. The van der Waals surface area contributed by atoms with Gasteiger partial charge < -0.3 is 9.57 Å². The lowest BCUT2D eigenvalue weighted by Gasteiger charge is -2.24. The van der Waals surface area contributed by atoms with E-state index in [1.807, 2.05) is 14.1 Å². The number of morpholine rings is 1. The summed E-state index contributed by atoms with van der Waals surface area (Å²) in [4.78, 5) is 5.33. The lowest BCUT2D eigenvalue weighted by atomic mass is 10.5. The van der Waals surface area contributed by atoms with E-state index in [1.54, 1.807) is 9.64 Å². The lowest BCUT2D eigenvalue weighted by Crippen LogP contribution is -2.42. The molecule has 70 valence electrons. The zero-order valence-electron chi connectivity index (χ0n) is 7.62. The van der Waals surface area contributed by atoms with Crippen LogP contribution < -0.4 is 5.73 Å². The number of amidine groups is 1. The molecular formula is C7H16N3O2+. The molecule has 1 aliphatic rings. The summed E-state index contributed by atoms with van der Waals surface area (Å²) in [5.74, 6) is 0. The van der Waals surface area contributed by atoms with Crippen molar-refractivity contribution in [3.8, 4) is 0 Å². The molecule has 0 bridgehead atoms. The minimum atomic E-state index is 0.414. The van der Waals surface area contributed by atoms with Crippen molar-refractivity contribution in [2.24, 2.45) is 5.73 Å². The monoisotopic (exact) mass is 174 g/mol. The summed E-state index contributed by atoms with van der Waals surface area (Å²) in [6, 6.07) is 0.414. The minimum Gasteiger partial charge on any atom is -0.379 e. The average Bonchev–Trinajstić information content (AvgIpc) is 2.06. The van der Waals surface area contributed by atoms with Crippen molar-refractivity contribution in [1.29, 1.82) is 0 Å². The van der Waals surface area contributed by atoms with Crippen LogP contribution in [0, 0.1) is 0 Å². The molecule has 0 saturated carbocycles. The molecule has 0 spiro atoms. The fourth-order valence-corrected chi connectivity index (χ4v) is 0.852. The van der Waals surface area contributed by atoms with Crippen LogP contribution in [0.1, 0.15) is 0 Å². The SMILES string of the molecule is C[N+](C)=C(N)ON1CCOCC1. The second kappa shape index (κ2) is 4.27. The third kappa shape index (κ3) is 2.67. The van der Waals surface area contributed by atoms with E-state index in [4.69, 9.17) is 15.3 Å². The molecule has 2 N–H and O–H groups in total. The first kappa shape index (κ1) is 9.28. The number of rotatable bonds is 1. The maximum Gasteiger partial charge on any atom is 0.460 e. The zero-order valence-corrected chi connectivity index (χ0v) is 7.62. The van der Waals surface area contributed by atoms with Crippen molar-refractivity contribution in [2.45, 2.75) is 0 Å². The number of ether oxygens (including phenoxy) is 1. The van der Waals surface area contributed by atoms with Crippen LogP contribution in [0.4, 0.5) is 0 Å². The van der Waals surface area contributed by atoms with E-state index < -0.39 is 0 Å². The first-order chi connectivity index (χ1) is 5.70. The summed E-state index contributed by atoms with van der Waals surface area (Å²) in [6.07, 6.45) is 0. The van der Waals surface area contributed by atoms with Crippen LogP contribution in [0.25, 0.3) is 0 Å². The maximum atomic E-state index is 5.59. The molecule has 12 heavy (non-hydrogen) atoms. The van der Waals surface area contributed by atoms with Crippen LogP contribution in [-0.2, 0) is 9.57 Å². The van der Waals surface area contributed by atoms with Crippen LogP contribution in [0.3, 0.4) is 0 Å². The van der Waals surface area contributed by atoms with Crippen molar-refractivity contribution in [2.75, 3.05) is 40.4 Å². The number of hydroxylamine groups is 2. The standard InChI is InChI=1S/C7H15N3O2/c1-9(2)7(8)12-10-3-5-11-6-4-10/h8H,3-6H2,1-2H3/p+1. The molecule has 0 aliphatic carbocycles. The van der Waals surface area contributed by atoms with Crippen LogP contribution in [0.5, 0.6) is 0 Å². The molecule has 1 fully saturated rings. The summed E-state index contributed by atoms with van der Waals surface area (Å²) in [6.45, 7) is 2.96. The highest BCUT2D eigenvalue weighted by Gasteiger charge is 2.15. The van der Waals surface area contributed by atoms with Crippen molar-refractivity contribution in [3.63, 3.8) is 0 Å². The Morgan fingerprint density at radius 3 is 2.50 bits per heavy atom. The van der Waals surface area contributed by atoms with Gasteiger partial charge in [-0.1, -0.05) is 0 Å². The number of nitrogens with two attached hydrogens (primary N) is 1. The van der Waals surface area contributed by atoms with Gasteiger partial charge in [0.25, 0.3) is 0 Å². The number of hydrogen-bond acceptors (Lipinski definition) is 3. The van der Waals surface area contributed by atoms with E-state index in [0.717, 1.165) is 13.1 Å². The van der Waals surface area contributed by atoms with E-state index in [1.165, 1.54) is 0 Å². The predicted octanol–water partition coefficient (Wildman–Crippen LogP) is -1.16. The molecule has 1 heterocycles. The van der Waals surface area contributed by atoms with Crippen LogP contribution in [-0.4, -0.2) is 56.1 Å². The summed E-state index contributed by atoms with van der Waals surface area (Å²) >= 11 is 0. The molecule has 1 rings (SSSR count). The normalized spacial score (nSPS) is 18.8. The van der Waals surface area contributed by atoms with Crippen molar-refractivity contribution < 1.29 is 14.1 Å². The Labute approximate surface area is 72.3 Å². The summed E-state index contributed by atoms with van der Waals surface area (Å²) < 4.78 is 6.89. The average molecular weight is 174 g/mol. The molecule has 0 amide bonds. The molecule has 5 heteroatoms. The van der Waals surface area contributed by atoms with Gasteiger partial charge in [-0.25, -0.2) is 4.58 Å². The fourth-order valence-electron chi connectivity index (χ4n) is 0.852. The largest absolute Gasteiger partial charge is 0.460 e. The van der Waals surface area contributed by atoms with Gasteiger partial charge in [-0.15, -0.1) is 5.06 Å². The van der Waals surface area contributed by atoms with Crippen molar-refractivity contribution in [1.82, 2.24) is 5.06 Å².